The van der Waals surface area contributed by atoms with Crippen LogP contribution in [0.3, 0.4) is 0 Å². The molecule has 0 aliphatic carbocycles. The van der Waals surface area contributed by atoms with E-state index in [2.05, 4.69) is 5.32 Å². The van der Waals surface area contributed by atoms with Gasteiger partial charge in [-0.2, -0.15) is 13.2 Å². The highest BCUT2D eigenvalue weighted by molar-refractivity contribution is 7.90. The molecule has 1 aliphatic rings. The molecule has 1 amide bonds. The molecule has 0 saturated carbocycles. The largest absolute Gasteiger partial charge is 0.511 e. The second-order valence-corrected chi connectivity index (χ2v) is 8.81. The second-order valence-electron chi connectivity index (χ2n) is 6.70. The lowest BCUT2D eigenvalue weighted by Crippen LogP contribution is -2.43. The minimum atomic E-state index is -5.62. The van der Waals surface area contributed by atoms with Crippen molar-refractivity contribution in [2.24, 2.45) is 0 Å². The third-order valence-corrected chi connectivity index (χ3v) is 5.85. The van der Waals surface area contributed by atoms with E-state index in [-0.39, 0.29) is 23.0 Å². The molecule has 14 heteroatoms. The van der Waals surface area contributed by atoms with E-state index < -0.39 is 57.8 Å². The van der Waals surface area contributed by atoms with Crippen LogP contribution in [0.25, 0.3) is 0 Å². The lowest BCUT2D eigenvalue weighted by Gasteiger charge is -2.17. The van der Waals surface area contributed by atoms with E-state index in [9.17, 15) is 35.6 Å². The van der Waals surface area contributed by atoms with Gasteiger partial charge in [0.25, 0.3) is 5.91 Å². The SMILES string of the molecule is CCC1OC[C@@H](NC(=O)c2cc(OC[C@H](C)NS(=O)(=O)C(F)(F)F)c(F)cc2Cl)C1=O. The van der Waals surface area contributed by atoms with Gasteiger partial charge in [-0.05, 0) is 25.5 Å². The van der Waals surface area contributed by atoms with Gasteiger partial charge in [-0.25, -0.2) is 17.5 Å². The number of ether oxygens (including phenoxy) is 2. The summed E-state index contributed by atoms with van der Waals surface area (Å²) in [5.74, 6) is -2.72. The summed E-state index contributed by atoms with van der Waals surface area (Å²) in [6.07, 6.45) is -0.216. The first-order valence-corrected chi connectivity index (χ1v) is 10.8. The molecule has 174 valence electrons. The number of alkyl halides is 3. The van der Waals surface area contributed by atoms with Crippen LogP contribution < -0.4 is 14.8 Å². The number of ketones is 1. The van der Waals surface area contributed by atoms with E-state index in [1.165, 1.54) is 4.72 Å². The summed E-state index contributed by atoms with van der Waals surface area (Å²) in [6, 6.07) is -0.647. The van der Waals surface area contributed by atoms with Crippen molar-refractivity contribution in [2.75, 3.05) is 13.2 Å². The summed E-state index contributed by atoms with van der Waals surface area (Å²) in [5, 5.41) is 2.12. The van der Waals surface area contributed by atoms with Gasteiger partial charge in [0, 0.05) is 0 Å². The molecule has 1 aromatic rings. The molecule has 0 radical (unpaired) electrons. The number of halogens is 5. The number of carbonyl (C=O) groups is 2. The molecule has 0 aromatic heterocycles. The van der Waals surface area contributed by atoms with Crippen LogP contribution in [0.4, 0.5) is 17.6 Å². The quantitative estimate of drug-likeness (QED) is 0.540. The Morgan fingerprint density at radius 3 is 2.58 bits per heavy atom. The maximum Gasteiger partial charge on any atom is 0.511 e. The van der Waals surface area contributed by atoms with Gasteiger partial charge < -0.3 is 14.8 Å². The van der Waals surface area contributed by atoms with Crippen molar-refractivity contribution in [3.8, 4) is 5.75 Å². The van der Waals surface area contributed by atoms with Gasteiger partial charge >= 0.3 is 15.5 Å². The first kappa shape index (κ1) is 25.3. The molecule has 1 fully saturated rings. The highest BCUT2D eigenvalue weighted by atomic mass is 35.5. The van der Waals surface area contributed by atoms with Gasteiger partial charge in [0.15, 0.2) is 17.3 Å². The summed E-state index contributed by atoms with van der Waals surface area (Å²) in [7, 11) is -5.62. The summed E-state index contributed by atoms with van der Waals surface area (Å²) < 4.78 is 85.1. The number of hydrogen-bond acceptors (Lipinski definition) is 6. The van der Waals surface area contributed by atoms with Crippen LogP contribution in [0.15, 0.2) is 12.1 Å². The van der Waals surface area contributed by atoms with Crippen molar-refractivity contribution in [1.82, 2.24) is 10.0 Å². The summed E-state index contributed by atoms with van der Waals surface area (Å²) in [5.41, 5.74) is -5.77. The Hall–Kier alpha value is -1.96. The monoisotopic (exact) mass is 490 g/mol. The van der Waals surface area contributed by atoms with E-state index >= 15 is 0 Å². The predicted octanol–water partition coefficient (Wildman–Crippen LogP) is 2.16. The molecular formula is C17H19ClF4N2O6S. The number of hydrogen-bond donors (Lipinski definition) is 2. The molecule has 31 heavy (non-hydrogen) atoms. The van der Waals surface area contributed by atoms with Crippen LogP contribution >= 0.6 is 11.6 Å². The van der Waals surface area contributed by atoms with Crippen molar-refractivity contribution in [3.63, 3.8) is 0 Å². The van der Waals surface area contributed by atoms with Crippen LogP contribution in [-0.2, 0) is 19.6 Å². The Balaban J connectivity index is 2.09. The molecule has 1 saturated heterocycles. The standard InChI is InChI=1S/C17H19ClF4N2O6S/c1-3-13-15(25)12(7-30-13)23-16(26)9-4-14(11(19)5-10(9)18)29-6-8(2)24-31(27,28)17(20,21)22/h4-5,8,12-13,24H,3,6-7H2,1-2H3,(H,23,26)/t8-,12+,13?/m0/s1. The highest BCUT2D eigenvalue weighted by Gasteiger charge is 2.46. The summed E-state index contributed by atoms with van der Waals surface area (Å²) >= 11 is 5.88. The lowest BCUT2D eigenvalue weighted by atomic mass is 10.1. The fraction of sp³-hybridized carbons (Fsp3) is 0.529. The molecule has 1 unspecified atom stereocenters. The van der Waals surface area contributed by atoms with Crippen LogP contribution in [0, 0.1) is 5.82 Å². The maximum absolute atomic E-state index is 14.1. The fourth-order valence-corrected chi connectivity index (χ4v) is 3.63. The van der Waals surface area contributed by atoms with E-state index in [4.69, 9.17) is 21.1 Å². The van der Waals surface area contributed by atoms with Crippen molar-refractivity contribution in [1.29, 1.82) is 0 Å². The molecule has 8 nitrogen and oxygen atoms in total. The Morgan fingerprint density at radius 1 is 1.39 bits per heavy atom. The van der Waals surface area contributed by atoms with Crippen molar-refractivity contribution in [3.05, 3.63) is 28.5 Å². The zero-order valence-electron chi connectivity index (χ0n) is 16.3. The molecule has 1 aliphatic heterocycles. The van der Waals surface area contributed by atoms with Gasteiger partial charge in [0.05, 0.1) is 23.2 Å². The molecular weight excluding hydrogens is 472 g/mol. The molecule has 3 atom stereocenters. The van der Waals surface area contributed by atoms with Crippen LogP contribution in [0.2, 0.25) is 5.02 Å². The Labute approximate surface area is 180 Å². The predicted molar refractivity (Wildman–Crippen MR) is 101 cm³/mol. The third-order valence-electron chi connectivity index (χ3n) is 4.22. The van der Waals surface area contributed by atoms with E-state index in [1.54, 1.807) is 6.92 Å². The van der Waals surface area contributed by atoms with Gasteiger partial charge in [-0.1, -0.05) is 18.5 Å². The van der Waals surface area contributed by atoms with Gasteiger partial charge in [-0.3, -0.25) is 9.59 Å². The number of nitrogens with one attached hydrogen (secondary N) is 2. The Bertz CT molecular complexity index is 957. The van der Waals surface area contributed by atoms with Gasteiger partial charge in [-0.15, -0.1) is 0 Å². The molecule has 1 heterocycles. The lowest BCUT2D eigenvalue weighted by molar-refractivity contribution is -0.123. The smallest absolute Gasteiger partial charge is 0.489 e. The molecule has 0 spiro atoms. The molecule has 1 aromatic carbocycles. The topological polar surface area (TPSA) is 111 Å². The van der Waals surface area contributed by atoms with Gasteiger partial charge in [0.1, 0.15) is 18.8 Å². The Morgan fingerprint density at radius 2 is 2.03 bits per heavy atom. The normalized spacial score (nSPS) is 20.5. The van der Waals surface area contributed by atoms with Crippen molar-refractivity contribution in [2.45, 2.75) is 44.0 Å². The minimum absolute atomic E-state index is 0.0396. The first-order valence-electron chi connectivity index (χ1n) is 8.93. The van der Waals surface area contributed by atoms with Crippen molar-refractivity contribution < 1.29 is 45.0 Å². The molecule has 0 bridgehead atoms. The molecule has 2 rings (SSSR count). The number of rotatable bonds is 8. The van der Waals surface area contributed by atoms with Crippen LogP contribution in [-0.4, -0.2) is 57.0 Å². The zero-order chi connectivity index (χ0) is 23.6. The van der Waals surface area contributed by atoms with Crippen LogP contribution in [0.5, 0.6) is 5.75 Å². The number of amides is 1. The second kappa shape index (κ2) is 9.67. The Kier molecular flexibility index (Phi) is 7.89. The summed E-state index contributed by atoms with van der Waals surface area (Å²) in [6.45, 7) is 2.09. The maximum atomic E-state index is 14.1. The van der Waals surface area contributed by atoms with E-state index in [1.807, 2.05) is 0 Å². The van der Waals surface area contributed by atoms with E-state index in [0.717, 1.165) is 19.1 Å². The van der Waals surface area contributed by atoms with Gasteiger partial charge in [0.2, 0.25) is 0 Å². The minimum Gasteiger partial charge on any atom is -0.489 e. The third kappa shape index (κ3) is 6.05. The average Bonchev–Trinajstić information content (AvgIpc) is 2.99. The van der Waals surface area contributed by atoms with E-state index in [0.29, 0.717) is 6.42 Å². The number of benzene rings is 1. The average molecular weight is 491 g/mol. The number of sulfonamides is 1. The van der Waals surface area contributed by atoms with Crippen molar-refractivity contribution >= 4 is 33.3 Å². The molecule has 2 N–H and O–H groups in total. The van der Waals surface area contributed by atoms with Crippen LogP contribution in [0.1, 0.15) is 30.6 Å². The first-order chi connectivity index (χ1) is 14.3. The highest BCUT2D eigenvalue weighted by Crippen LogP contribution is 2.27. The number of carbonyl (C=O) groups excluding carboxylic acids is 2. The zero-order valence-corrected chi connectivity index (χ0v) is 17.8. The fourth-order valence-electron chi connectivity index (χ4n) is 2.66. The number of Topliss-reactive ketones (excluding diaryl/α,β-unsaturated/α-hetero) is 1. The summed E-state index contributed by atoms with van der Waals surface area (Å²) in [4.78, 5) is 24.5.